The fourth-order valence-electron chi connectivity index (χ4n) is 5.37. The predicted molar refractivity (Wildman–Crippen MR) is 172 cm³/mol. The second kappa shape index (κ2) is 15.7. The van der Waals surface area contributed by atoms with Crippen LogP contribution in [0.4, 0.5) is 18.0 Å². The van der Waals surface area contributed by atoms with Gasteiger partial charge in [0.25, 0.3) is 8.32 Å². The van der Waals surface area contributed by atoms with Crippen molar-refractivity contribution in [2.24, 2.45) is 0 Å². The van der Waals surface area contributed by atoms with E-state index in [1.807, 2.05) is 60.7 Å². The Hall–Kier alpha value is -3.71. The summed E-state index contributed by atoms with van der Waals surface area (Å²) in [5.74, 6) is -6.97. The van der Waals surface area contributed by atoms with E-state index in [2.05, 4.69) is 31.6 Å². The summed E-state index contributed by atoms with van der Waals surface area (Å²) in [5, 5.41) is 1.71. The van der Waals surface area contributed by atoms with Gasteiger partial charge < -0.3 is 18.6 Å². The number of amides is 2. The molecule has 2 amide bonds. The molecule has 3 aromatic carbocycles. The van der Waals surface area contributed by atoms with Crippen LogP contribution >= 0.6 is 0 Å². The number of carbonyl (C=O) groups excluding carboxylic acids is 2. The van der Waals surface area contributed by atoms with Crippen molar-refractivity contribution in [2.75, 3.05) is 20.5 Å². The fraction of sp³-hybridized carbons (Fsp3) is 0.412. The molecule has 0 aliphatic carbocycles. The van der Waals surface area contributed by atoms with Gasteiger partial charge in [0.05, 0.1) is 12.0 Å². The fourth-order valence-corrected chi connectivity index (χ4v) is 9.95. The predicted octanol–water partition coefficient (Wildman–Crippen LogP) is 5.70. The summed E-state index contributed by atoms with van der Waals surface area (Å²) in [6.07, 6.45) is -2.00. The zero-order valence-electron chi connectivity index (χ0n) is 27.3. The van der Waals surface area contributed by atoms with Gasteiger partial charge in [0.15, 0.2) is 17.5 Å². The molecule has 0 aliphatic heterocycles. The molecule has 0 fully saturated rings. The van der Waals surface area contributed by atoms with Crippen LogP contribution in [0.25, 0.3) is 0 Å². The molecule has 12 heteroatoms. The van der Waals surface area contributed by atoms with Gasteiger partial charge in [-0.2, -0.15) is 0 Å². The number of methoxy groups -OCH3 is 1. The van der Waals surface area contributed by atoms with E-state index in [-0.39, 0.29) is 30.4 Å². The number of nitrogens with one attached hydrogen (secondary N) is 2. The zero-order chi connectivity index (χ0) is 34.1. The Kier molecular flexibility index (Phi) is 12.6. The smallest absolute Gasteiger partial charge is 0.426 e. The van der Waals surface area contributed by atoms with Gasteiger partial charge in [-0.15, -0.1) is 0 Å². The van der Waals surface area contributed by atoms with Gasteiger partial charge in [-0.05, 0) is 60.3 Å². The van der Waals surface area contributed by atoms with Gasteiger partial charge in [-0.3, -0.25) is 10.2 Å². The molecule has 2 N–H and O–H groups in total. The Morgan fingerprint density at radius 3 is 1.80 bits per heavy atom. The number of rotatable bonds is 12. The van der Waals surface area contributed by atoms with E-state index in [0.29, 0.717) is 0 Å². The molecule has 3 rings (SSSR count). The van der Waals surface area contributed by atoms with Gasteiger partial charge in [-0.1, -0.05) is 81.4 Å². The van der Waals surface area contributed by atoms with Gasteiger partial charge in [0.1, 0.15) is 12.4 Å². The van der Waals surface area contributed by atoms with E-state index in [4.69, 9.17) is 18.6 Å². The molecule has 0 saturated heterocycles. The lowest BCUT2D eigenvalue weighted by molar-refractivity contribution is -0.133. The summed E-state index contributed by atoms with van der Waals surface area (Å²) in [6.45, 7) is 11.0. The summed E-state index contributed by atoms with van der Waals surface area (Å²) >= 11 is 0. The molecule has 8 nitrogen and oxygen atoms in total. The van der Waals surface area contributed by atoms with Crippen LogP contribution in [0.2, 0.25) is 5.04 Å². The molecule has 250 valence electrons. The Morgan fingerprint density at radius 2 is 1.35 bits per heavy atom. The van der Waals surface area contributed by atoms with Crippen molar-refractivity contribution in [3.8, 4) is 0 Å². The number of hydrogen-bond acceptors (Lipinski definition) is 6. The van der Waals surface area contributed by atoms with Crippen LogP contribution in [0.5, 0.6) is 0 Å². The first kappa shape index (κ1) is 36.8. The highest BCUT2D eigenvalue weighted by molar-refractivity contribution is 6.99. The Bertz CT molecular complexity index is 1390. The van der Waals surface area contributed by atoms with Crippen molar-refractivity contribution in [3.05, 3.63) is 95.8 Å². The van der Waals surface area contributed by atoms with Crippen molar-refractivity contribution in [3.63, 3.8) is 0 Å². The maximum Gasteiger partial charge on any atom is 0.426 e. The molecule has 46 heavy (non-hydrogen) atoms. The van der Waals surface area contributed by atoms with Crippen LogP contribution in [-0.2, 0) is 23.4 Å². The summed E-state index contributed by atoms with van der Waals surface area (Å²) in [5.41, 5.74) is 3.31. The van der Waals surface area contributed by atoms with Crippen LogP contribution in [0.1, 0.15) is 59.4 Å². The number of hydrogen-bond donors (Lipinski definition) is 2. The first-order valence-corrected chi connectivity index (χ1v) is 16.8. The van der Waals surface area contributed by atoms with Crippen molar-refractivity contribution >= 4 is 30.7 Å². The average Bonchev–Trinajstić information content (AvgIpc) is 2.99. The largest absolute Gasteiger partial charge is 0.443 e. The molecule has 0 aliphatic rings. The molecule has 0 heterocycles. The lowest BCUT2D eigenvalue weighted by atomic mass is 9.90. The third-order valence-electron chi connectivity index (χ3n) is 7.24. The molecular formula is C34H43F3N2O6Si. The van der Waals surface area contributed by atoms with Crippen molar-refractivity contribution in [2.45, 2.75) is 70.6 Å². The number of benzene rings is 3. The highest BCUT2D eigenvalue weighted by Crippen LogP contribution is 2.37. The average molecular weight is 661 g/mol. The molecule has 2 atom stereocenters. The second-order valence-electron chi connectivity index (χ2n) is 12.8. The standard InChI is InChI=1S/C34H43F3N2O6Si/c1-33(2,3)45-32(41)39-38-31(40)29(23-20-26(35)30(37)27(36)21-23)28(43-22-42-7)18-19-44-46(34(4,5)6,24-14-10-8-11-15-24)25-16-12-9-13-17-25/h8-17,20-21,28-29H,18-19,22H2,1-7H3,(H,38,40)(H,39,41)/t28-,29-/m0/s1. The molecule has 0 radical (unpaired) electrons. The van der Waals surface area contributed by atoms with E-state index < -0.39 is 55.4 Å². The van der Waals surface area contributed by atoms with Crippen molar-refractivity contribution in [1.82, 2.24) is 10.9 Å². The topological polar surface area (TPSA) is 95.1 Å². The molecule has 0 saturated carbocycles. The molecule has 3 aromatic rings. The molecule has 0 unspecified atom stereocenters. The zero-order valence-corrected chi connectivity index (χ0v) is 28.3. The summed E-state index contributed by atoms with van der Waals surface area (Å²) in [7, 11) is -1.62. The number of halogens is 3. The van der Waals surface area contributed by atoms with Crippen LogP contribution in [0.15, 0.2) is 72.8 Å². The van der Waals surface area contributed by atoms with Crippen molar-refractivity contribution in [1.29, 1.82) is 0 Å². The quantitative estimate of drug-likeness (QED) is 0.112. The number of hydrazine groups is 1. The van der Waals surface area contributed by atoms with E-state index in [1.54, 1.807) is 20.8 Å². The monoisotopic (exact) mass is 660 g/mol. The maximum atomic E-state index is 14.5. The van der Waals surface area contributed by atoms with Crippen LogP contribution in [0, 0.1) is 17.5 Å². The van der Waals surface area contributed by atoms with Gasteiger partial charge in [-0.25, -0.2) is 23.4 Å². The van der Waals surface area contributed by atoms with Gasteiger partial charge >= 0.3 is 6.09 Å². The lowest BCUT2D eigenvalue weighted by Crippen LogP contribution is -2.66. The normalized spacial score (nSPS) is 13.5. The Balaban J connectivity index is 2.02. The summed E-state index contributed by atoms with van der Waals surface area (Å²) in [4.78, 5) is 25.9. The highest BCUT2D eigenvalue weighted by atomic mass is 28.4. The maximum absolute atomic E-state index is 14.5. The summed E-state index contributed by atoms with van der Waals surface area (Å²) in [6, 6.07) is 21.3. The van der Waals surface area contributed by atoms with Crippen LogP contribution < -0.4 is 21.2 Å². The molecule has 0 aromatic heterocycles. The van der Waals surface area contributed by atoms with Crippen LogP contribution in [0.3, 0.4) is 0 Å². The van der Waals surface area contributed by atoms with E-state index in [0.717, 1.165) is 22.5 Å². The highest BCUT2D eigenvalue weighted by Gasteiger charge is 2.50. The van der Waals surface area contributed by atoms with Crippen LogP contribution in [-0.4, -0.2) is 52.5 Å². The molecule has 0 bridgehead atoms. The second-order valence-corrected chi connectivity index (χ2v) is 17.1. The minimum Gasteiger partial charge on any atom is -0.443 e. The minimum atomic E-state index is -3.00. The van der Waals surface area contributed by atoms with E-state index in [9.17, 15) is 22.8 Å². The SMILES string of the molecule is COCO[C@@H](CCO[Si](c1ccccc1)(c1ccccc1)C(C)(C)C)[C@@H](C(=O)NNC(=O)OC(C)(C)C)c1cc(F)c(F)c(F)c1. The Morgan fingerprint density at radius 1 is 0.826 bits per heavy atom. The van der Waals surface area contributed by atoms with Gasteiger partial charge in [0, 0.05) is 13.7 Å². The third-order valence-corrected chi connectivity index (χ3v) is 12.3. The van der Waals surface area contributed by atoms with Gasteiger partial charge in [0.2, 0.25) is 5.91 Å². The minimum absolute atomic E-state index is 0.0546. The molecule has 0 spiro atoms. The first-order chi connectivity index (χ1) is 21.6. The third kappa shape index (κ3) is 9.18. The van der Waals surface area contributed by atoms with Crippen molar-refractivity contribution < 1.29 is 41.4 Å². The lowest BCUT2D eigenvalue weighted by Gasteiger charge is -2.43. The van der Waals surface area contributed by atoms with E-state index in [1.165, 1.54) is 7.11 Å². The Labute approximate surface area is 269 Å². The summed E-state index contributed by atoms with van der Waals surface area (Å²) < 4.78 is 66.1. The van der Waals surface area contributed by atoms with E-state index >= 15 is 0 Å². The first-order valence-electron chi connectivity index (χ1n) is 14.9. The number of carbonyl (C=O) groups is 2. The number of ether oxygens (including phenoxy) is 3. The molecular weight excluding hydrogens is 617 g/mol.